The molecule has 0 rings (SSSR count). The Balaban J connectivity index is 2.89. The second-order valence-corrected chi connectivity index (χ2v) is 7.21. The van der Waals surface area contributed by atoms with Crippen LogP contribution in [0.2, 0.25) is 0 Å². The molecule has 0 spiro atoms. The van der Waals surface area contributed by atoms with Crippen LogP contribution in [0.1, 0.15) is 103 Å². The van der Waals surface area contributed by atoms with Crippen molar-refractivity contribution in [1.82, 2.24) is 0 Å². The normalized spacial score (nSPS) is 11.1. The fourth-order valence-electron chi connectivity index (χ4n) is 2.66. The molecule has 0 aromatic heterocycles. The molecule has 0 N–H and O–H groups in total. The smallest absolute Gasteiger partial charge is 0.0223 e. The molecular weight excluding hydrogens is 332 g/mol. The van der Waals surface area contributed by atoms with Crippen LogP contribution in [0, 0.1) is 0 Å². The lowest BCUT2D eigenvalue weighted by molar-refractivity contribution is 0.532. The Morgan fingerprint density at radius 2 is 0.650 bits per heavy atom. The molecule has 0 aromatic rings. The van der Waals surface area contributed by atoms with Gasteiger partial charge in [0.2, 0.25) is 0 Å². The number of hydrogen-bond donors (Lipinski definition) is 0. The van der Waals surface area contributed by atoms with Crippen molar-refractivity contribution in [3.05, 3.63) is 0 Å². The van der Waals surface area contributed by atoms with Crippen molar-refractivity contribution < 1.29 is 0 Å². The van der Waals surface area contributed by atoms with E-state index in [1.54, 1.807) is 0 Å². The first-order valence-electron chi connectivity index (χ1n) is 9.03. The first-order valence-corrected chi connectivity index (χ1v) is 10.7. The maximum atomic E-state index is 5.66. The fraction of sp³-hybridized carbons (Fsp3) is 1.00. The maximum Gasteiger partial charge on any atom is 0.0223 e. The summed E-state index contributed by atoms with van der Waals surface area (Å²) >= 11 is 9.15. The van der Waals surface area contributed by atoms with E-state index in [4.69, 9.17) is 11.6 Å². The second kappa shape index (κ2) is 19.8. The summed E-state index contributed by atoms with van der Waals surface area (Å²) in [5.41, 5.74) is 0. The highest BCUT2D eigenvalue weighted by atomic mass is 79.9. The van der Waals surface area contributed by atoms with Gasteiger partial charge in [0.15, 0.2) is 0 Å². The van der Waals surface area contributed by atoms with Gasteiger partial charge in [0.05, 0.1) is 0 Å². The summed E-state index contributed by atoms with van der Waals surface area (Å²) in [7, 11) is 0. The van der Waals surface area contributed by atoms with Crippen LogP contribution in [0.4, 0.5) is 0 Å². The van der Waals surface area contributed by atoms with Gasteiger partial charge in [-0.05, 0) is 12.8 Å². The Kier molecular flexibility index (Phi) is 20.5. The van der Waals surface area contributed by atoms with Crippen LogP contribution in [0.25, 0.3) is 0 Å². The van der Waals surface area contributed by atoms with Crippen molar-refractivity contribution in [3.63, 3.8) is 0 Å². The van der Waals surface area contributed by atoms with E-state index in [9.17, 15) is 0 Å². The highest BCUT2D eigenvalue weighted by Crippen LogP contribution is 2.13. The summed E-state index contributed by atoms with van der Waals surface area (Å²) in [6, 6.07) is 0. The Hall–Kier alpha value is 0.770. The lowest BCUT2D eigenvalue weighted by atomic mass is 10.0. The van der Waals surface area contributed by atoms with E-state index < -0.39 is 0 Å². The average molecular weight is 368 g/mol. The second-order valence-electron chi connectivity index (χ2n) is 6.03. The third-order valence-corrected chi connectivity index (χ3v) is 4.85. The molecule has 0 aliphatic rings. The van der Waals surface area contributed by atoms with Gasteiger partial charge in [-0.25, -0.2) is 0 Å². The van der Waals surface area contributed by atoms with Crippen LogP contribution in [0.5, 0.6) is 0 Å². The first-order chi connectivity index (χ1) is 9.91. The molecule has 0 saturated carbocycles. The van der Waals surface area contributed by atoms with Crippen molar-refractivity contribution in [1.29, 1.82) is 0 Å². The Morgan fingerprint density at radius 3 is 0.900 bits per heavy atom. The minimum absolute atomic E-state index is 0.844. The predicted molar refractivity (Wildman–Crippen MR) is 98.4 cm³/mol. The van der Waals surface area contributed by atoms with Gasteiger partial charge < -0.3 is 0 Å². The summed E-state index contributed by atoms with van der Waals surface area (Å²) in [4.78, 5) is 0. The molecule has 0 saturated heterocycles. The third-order valence-electron chi connectivity index (χ3n) is 4.02. The zero-order valence-electron chi connectivity index (χ0n) is 13.5. The van der Waals surface area contributed by atoms with Crippen LogP contribution in [-0.2, 0) is 0 Å². The number of alkyl halides is 2. The molecule has 0 fully saturated rings. The highest BCUT2D eigenvalue weighted by Gasteiger charge is 1.94. The summed E-state index contributed by atoms with van der Waals surface area (Å²) in [6.07, 6.45) is 22.7. The molecule has 0 atom stereocenters. The van der Waals surface area contributed by atoms with Gasteiger partial charge in [-0.3, -0.25) is 0 Å². The third kappa shape index (κ3) is 18.8. The van der Waals surface area contributed by atoms with E-state index in [1.165, 1.54) is 108 Å². The monoisotopic (exact) mass is 366 g/mol. The minimum Gasteiger partial charge on any atom is -0.127 e. The van der Waals surface area contributed by atoms with Crippen molar-refractivity contribution in [3.8, 4) is 0 Å². The Bertz CT molecular complexity index is 143. The molecule has 20 heavy (non-hydrogen) atoms. The van der Waals surface area contributed by atoms with Crippen molar-refractivity contribution in [2.45, 2.75) is 103 Å². The van der Waals surface area contributed by atoms with E-state index in [2.05, 4.69) is 15.9 Å². The molecule has 0 aliphatic heterocycles. The molecule has 2 heteroatoms. The molecule has 0 radical (unpaired) electrons. The summed E-state index contributed by atoms with van der Waals surface area (Å²) in [5, 5.41) is 1.18. The van der Waals surface area contributed by atoms with Crippen LogP contribution in [0.3, 0.4) is 0 Å². The molecule has 122 valence electrons. The average Bonchev–Trinajstić information content (AvgIpc) is 2.47. The lowest BCUT2D eigenvalue weighted by Crippen LogP contribution is -1.84. The van der Waals surface area contributed by atoms with E-state index in [-0.39, 0.29) is 0 Å². The molecule has 0 bridgehead atoms. The quantitative estimate of drug-likeness (QED) is 0.181. The number of rotatable bonds is 17. The van der Waals surface area contributed by atoms with Crippen molar-refractivity contribution >= 4 is 27.5 Å². The minimum atomic E-state index is 0.844. The van der Waals surface area contributed by atoms with Crippen LogP contribution < -0.4 is 0 Å². The SMILES string of the molecule is ClCCCCCCCCCCCCCCCCCCBr. The zero-order valence-corrected chi connectivity index (χ0v) is 15.8. The fourth-order valence-corrected chi connectivity index (χ4v) is 3.25. The zero-order chi connectivity index (χ0) is 14.7. The van der Waals surface area contributed by atoms with E-state index in [0.717, 1.165) is 5.88 Å². The predicted octanol–water partition coefficient (Wildman–Crippen LogP) is 7.86. The Labute approximate surface area is 141 Å². The van der Waals surface area contributed by atoms with Crippen LogP contribution in [-0.4, -0.2) is 11.2 Å². The molecule has 0 aromatic carbocycles. The van der Waals surface area contributed by atoms with Gasteiger partial charge in [0.1, 0.15) is 0 Å². The van der Waals surface area contributed by atoms with E-state index >= 15 is 0 Å². The Morgan fingerprint density at radius 1 is 0.400 bits per heavy atom. The topological polar surface area (TPSA) is 0 Å². The largest absolute Gasteiger partial charge is 0.127 e. The molecule has 0 amide bonds. The van der Waals surface area contributed by atoms with Gasteiger partial charge in [0.25, 0.3) is 0 Å². The van der Waals surface area contributed by atoms with Gasteiger partial charge in [0, 0.05) is 11.2 Å². The molecule has 0 nitrogen and oxygen atoms in total. The lowest BCUT2D eigenvalue weighted by Gasteiger charge is -2.03. The number of unbranched alkanes of at least 4 members (excludes halogenated alkanes) is 15. The molecule has 0 aliphatic carbocycles. The standard InChI is InChI=1S/C18H36BrCl/c19-17-15-13-11-9-7-5-3-1-2-4-6-8-10-12-14-16-18-20/h1-18H2. The summed E-state index contributed by atoms with van der Waals surface area (Å²) < 4.78 is 0. The van der Waals surface area contributed by atoms with E-state index in [0.29, 0.717) is 0 Å². The maximum absolute atomic E-state index is 5.66. The molecule has 0 heterocycles. The van der Waals surface area contributed by atoms with Crippen LogP contribution >= 0.6 is 27.5 Å². The van der Waals surface area contributed by atoms with Gasteiger partial charge in [-0.15, -0.1) is 11.6 Å². The highest BCUT2D eigenvalue weighted by molar-refractivity contribution is 9.09. The first kappa shape index (κ1) is 20.8. The van der Waals surface area contributed by atoms with Gasteiger partial charge >= 0.3 is 0 Å². The number of hydrogen-bond acceptors (Lipinski definition) is 0. The molecule has 0 unspecified atom stereocenters. The number of halogens is 2. The van der Waals surface area contributed by atoms with Crippen molar-refractivity contribution in [2.75, 3.05) is 11.2 Å². The summed E-state index contributed by atoms with van der Waals surface area (Å²) in [6.45, 7) is 0. The van der Waals surface area contributed by atoms with Gasteiger partial charge in [-0.1, -0.05) is 106 Å². The van der Waals surface area contributed by atoms with Gasteiger partial charge in [-0.2, -0.15) is 0 Å². The molecular formula is C18H36BrCl. The summed E-state index contributed by atoms with van der Waals surface area (Å²) in [5.74, 6) is 0.844. The van der Waals surface area contributed by atoms with E-state index in [1.807, 2.05) is 0 Å². The van der Waals surface area contributed by atoms with Crippen molar-refractivity contribution in [2.24, 2.45) is 0 Å². The van der Waals surface area contributed by atoms with Crippen LogP contribution in [0.15, 0.2) is 0 Å².